The Morgan fingerprint density at radius 2 is 1.85 bits per heavy atom. The van der Waals surface area contributed by atoms with Crippen LogP contribution in [0.25, 0.3) is 0 Å². The molecule has 0 spiro atoms. The summed E-state index contributed by atoms with van der Waals surface area (Å²) < 4.78 is 0. The van der Waals surface area contributed by atoms with Gasteiger partial charge in [0.15, 0.2) is 0 Å². The van der Waals surface area contributed by atoms with E-state index < -0.39 is 0 Å². The fourth-order valence-electron chi connectivity index (χ4n) is 1.17. The van der Waals surface area contributed by atoms with Crippen LogP contribution in [0, 0.1) is 0 Å². The topological polar surface area (TPSA) is 38.0 Å². The summed E-state index contributed by atoms with van der Waals surface area (Å²) in [6, 6.07) is 10.5. The van der Waals surface area contributed by atoms with Crippen molar-refractivity contribution in [2.75, 3.05) is 0 Å². The molecule has 0 unspecified atom stereocenters. The monoisotopic (exact) mass is 178 g/mol. The second-order valence-corrected chi connectivity index (χ2v) is 4.01. The molecule has 3 N–H and O–H groups in total. The quantitative estimate of drug-likeness (QED) is 0.545. The highest BCUT2D eigenvalue weighted by Crippen LogP contribution is 2.11. The SMILES string of the molecule is CC(C)(CCc1ccccc1)NN. The maximum atomic E-state index is 5.42. The van der Waals surface area contributed by atoms with Gasteiger partial charge in [0.1, 0.15) is 0 Å². The minimum Gasteiger partial charge on any atom is -0.271 e. The first-order chi connectivity index (χ1) is 6.14. The summed E-state index contributed by atoms with van der Waals surface area (Å²) in [7, 11) is 0. The second-order valence-electron chi connectivity index (χ2n) is 4.01. The Kier molecular flexibility index (Phi) is 3.46. The molecule has 0 saturated carbocycles. The van der Waals surface area contributed by atoms with Crippen molar-refractivity contribution in [3.63, 3.8) is 0 Å². The minimum atomic E-state index is 0.0237. The van der Waals surface area contributed by atoms with E-state index in [1.165, 1.54) is 5.56 Å². The highest BCUT2D eigenvalue weighted by molar-refractivity contribution is 5.15. The van der Waals surface area contributed by atoms with E-state index in [-0.39, 0.29) is 5.54 Å². The fraction of sp³-hybridized carbons (Fsp3) is 0.455. The third-order valence-electron chi connectivity index (χ3n) is 2.27. The molecule has 0 radical (unpaired) electrons. The number of hydrogen-bond donors (Lipinski definition) is 2. The van der Waals surface area contributed by atoms with Crippen LogP contribution in [-0.2, 0) is 6.42 Å². The van der Waals surface area contributed by atoms with E-state index in [1.54, 1.807) is 0 Å². The van der Waals surface area contributed by atoms with Gasteiger partial charge in [-0.1, -0.05) is 30.3 Å². The Bertz CT molecular complexity index is 242. The largest absolute Gasteiger partial charge is 0.271 e. The Morgan fingerprint density at radius 3 is 2.38 bits per heavy atom. The van der Waals surface area contributed by atoms with Crippen molar-refractivity contribution in [1.29, 1.82) is 0 Å². The molecule has 0 amide bonds. The maximum Gasteiger partial charge on any atom is 0.0268 e. The molecule has 0 aromatic heterocycles. The van der Waals surface area contributed by atoms with E-state index in [1.807, 2.05) is 6.07 Å². The molecule has 13 heavy (non-hydrogen) atoms. The predicted molar refractivity (Wildman–Crippen MR) is 56.2 cm³/mol. The first-order valence-electron chi connectivity index (χ1n) is 4.66. The van der Waals surface area contributed by atoms with Gasteiger partial charge in [-0.3, -0.25) is 11.3 Å². The molecular weight excluding hydrogens is 160 g/mol. The van der Waals surface area contributed by atoms with E-state index in [0.717, 1.165) is 12.8 Å². The molecular formula is C11H18N2. The predicted octanol–water partition coefficient (Wildman–Crippen LogP) is 1.86. The lowest BCUT2D eigenvalue weighted by Crippen LogP contribution is -2.44. The molecule has 0 fully saturated rings. The molecule has 2 heteroatoms. The molecule has 0 aliphatic carbocycles. The van der Waals surface area contributed by atoms with Crippen molar-refractivity contribution in [2.24, 2.45) is 5.84 Å². The van der Waals surface area contributed by atoms with E-state index >= 15 is 0 Å². The van der Waals surface area contributed by atoms with Gasteiger partial charge in [0.05, 0.1) is 0 Å². The number of hydrogen-bond acceptors (Lipinski definition) is 2. The summed E-state index contributed by atoms with van der Waals surface area (Å²) in [4.78, 5) is 0. The zero-order chi connectivity index (χ0) is 9.73. The van der Waals surface area contributed by atoms with Crippen molar-refractivity contribution < 1.29 is 0 Å². The summed E-state index contributed by atoms with van der Waals surface area (Å²) in [5, 5.41) is 0. The van der Waals surface area contributed by atoms with Crippen LogP contribution >= 0.6 is 0 Å². The van der Waals surface area contributed by atoms with Gasteiger partial charge in [0.2, 0.25) is 0 Å². The van der Waals surface area contributed by atoms with Gasteiger partial charge >= 0.3 is 0 Å². The van der Waals surface area contributed by atoms with Crippen molar-refractivity contribution in [2.45, 2.75) is 32.2 Å². The number of nitrogens with two attached hydrogens (primary N) is 1. The maximum absolute atomic E-state index is 5.42. The molecule has 1 aromatic rings. The lowest BCUT2D eigenvalue weighted by molar-refractivity contribution is 0.370. The van der Waals surface area contributed by atoms with Gasteiger partial charge in [0.25, 0.3) is 0 Å². The minimum absolute atomic E-state index is 0.0237. The number of hydrazine groups is 1. The fourth-order valence-corrected chi connectivity index (χ4v) is 1.17. The highest BCUT2D eigenvalue weighted by atomic mass is 15.3. The van der Waals surface area contributed by atoms with E-state index in [9.17, 15) is 0 Å². The van der Waals surface area contributed by atoms with Crippen molar-refractivity contribution >= 4 is 0 Å². The second kappa shape index (κ2) is 4.40. The standard InChI is InChI=1S/C11H18N2/c1-11(2,13-12)9-8-10-6-4-3-5-7-10/h3-7,13H,8-9,12H2,1-2H3. The molecule has 2 nitrogen and oxygen atoms in total. The van der Waals surface area contributed by atoms with Crippen molar-refractivity contribution in [3.8, 4) is 0 Å². The molecule has 0 saturated heterocycles. The molecule has 0 atom stereocenters. The first kappa shape index (κ1) is 10.2. The molecule has 1 aromatic carbocycles. The van der Waals surface area contributed by atoms with Gasteiger partial charge < -0.3 is 0 Å². The van der Waals surface area contributed by atoms with Gasteiger partial charge in [-0.05, 0) is 32.3 Å². The Morgan fingerprint density at radius 1 is 1.23 bits per heavy atom. The summed E-state index contributed by atoms with van der Waals surface area (Å²) >= 11 is 0. The molecule has 0 aliphatic rings. The number of nitrogens with one attached hydrogen (secondary N) is 1. The van der Waals surface area contributed by atoms with Crippen molar-refractivity contribution in [3.05, 3.63) is 35.9 Å². The highest BCUT2D eigenvalue weighted by Gasteiger charge is 2.14. The average molecular weight is 178 g/mol. The van der Waals surface area contributed by atoms with Crippen LogP contribution in [-0.4, -0.2) is 5.54 Å². The van der Waals surface area contributed by atoms with Crippen LogP contribution in [0.3, 0.4) is 0 Å². The number of rotatable bonds is 4. The summed E-state index contributed by atoms with van der Waals surface area (Å²) in [5.41, 5.74) is 4.20. The Hall–Kier alpha value is -0.860. The van der Waals surface area contributed by atoms with Gasteiger partial charge in [0, 0.05) is 5.54 Å². The van der Waals surface area contributed by atoms with Crippen LogP contribution in [0.4, 0.5) is 0 Å². The molecule has 72 valence electrons. The normalized spacial score (nSPS) is 11.6. The van der Waals surface area contributed by atoms with Gasteiger partial charge in [-0.25, -0.2) is 0 Å². The molecule has 0 aliphatic heterocycles. The summed E-state index contributed by atoms with van der Waals surface area (Å²) in [6.45, 7) is 4.21. The first-order valence-corrected chi connectivity index (χ1v) is 4.66. The third kappa shape index (κ3) is 3.57. The lowest BCUT2D eigenvalue weighted by Gasteiger charge is -2.23. The summed E-state index contributed by atoms with van der Waals surface area (Å²) in [6.07, 6.45) is 2.12. The number of aryl methyl sites for hydroxylation is 1. The third-order valence-corrected chi connectivity index (χ3v) is 2.27. The average Bonchev–Trinajstić information content (AvgIpc) is 2.17. The van der Waals surface area contributed by atoms with Crippen LogP contribution in [0.1, 0.15) is 25.8 Å². The zero-order valence-corrected chi connectivity index (χ0v) is 8.38. The Balaban J connectivity index is 2.44. The zero-order valence-electron chi connectivity index (χ0n) is 8.38. The van der Waals surface area contributed by atoms with Crippen LogP contribution in [0.2, 0.25) is 0 Å². The van der Waals surface area contributed by atoms with Crippen LogP contribution in [0.5, 0.6) is 0 Å². The van der Waals surface area contributed by atoms with E-state index in [0.29, 0.717) is 0 Å². The van der Waals surface area contributed by atoms with E-state index in [4.69, 9.17) is 5.84 Å². The lowest BCUT2D eigenvalue weighted by atomic mass is 9.96. The molecule has 0 bridgehead atoms. The van der Waals surface area contributed by atoms with E-state index in [2.05, 4.69) is 43.5 Å². The van der Waals surface area contributed by atoms with Gasteiger partial charge in [-0.15, -0.1) is 0 Å². The number of benzene rings is 1. The smallest absolute Gasteiger partial charge is 0.0268 e. The summed E-state index contributed by atoms with van der Waals surface area (Å²) in [5.74, 6) is 5.42. The Labute approximate surface area is 80.1 Å². The van der Waals surface area contributed by atoms with Crippen LogP contribution in [0.15, 0.2) is 30.3 Å². The van der Waals surface area contributed by atoms with Crippen LogP contribution < -0.4 is 11.3 Å². The van der Waals surface area contributed by atoms with Crippen molar-refractivity contribution in [1.82, 2.24) is 5.43 Å². The molecule has 1 rings (SSSR count). The molecule has 0 heterocycles. The van der Waals surface area contributed by atoms with Gasteiger partial charge in [-0.2, -0.15) is 0 Å².